The molecule has 1 aromatic heterocycles. The van der Waals surface area contributed by atoms with Gasteiger partial charge >= 0.3 is 41.8 Å². The molecule has 0 bridgehead atoms. The first-order chi connectivity index (χ1) is 29.6. The van der Waals surface area contributed by atoms with E-state index in [2.05, 4.69) is 10.3 Å². The molecule has 0 amide bonds. The molecular weight excluding hydrogens is 850 g/mol. The van der Waals surface area contributed by atoms with Gasteiger partial charge in [0.15, 0.2) is 55.2 Å². The molecule has 0 radical (unpaired) electrons. The van der Waals surface area contributed by atoms with Crippen LogP contribution in [0.4, 0.5) is 0 Å². The summed E-state index contributed by atoms with van der Waals surface area (Å²) >= 11 is 0. The zero-order chi connectivity index (χ0) is 46.3. The predicted molar refractivity (Wildman–Crippen MR) is 198 cm³/mol. The van der Waals surface area contributed by atoms with Crippen LogP contribution in [0.5, 0.6) is 0 Å². The molecule has 5 heterocycles. The molecule has 352 valence electrons. The van der Waals surface area contributed by atoms with Gasteiger partial charge in [0, 0.05) is 61.1 Å². The Morgan fingerprint density at radius 1 is 0.635 bits per heavy atom. The van der Waals surface area contributed by atoms with Crippen LogP contribution < -0.4 is 0 Å². The summed E-state index contributed by atoms with van der Waals surface area (Å²) < 4.78 is 81.6. The van der Waals surface area contributed by atoms with E-state index in [9.17, 15) is 38.7 Å². The fourth-order valence-corrected chi connectivity index (χ4v) is 7.32. The molecule has 4 aliphatic heterocycles. The normalized spacial score (nSPS) is 33.3. The smallest absolute Gasteiger partial charge is 0.303 e. The SMILES string of the molecule is CC(=O)OC[C@H]1O[C@@H](O[C@H]2[C@H](OC(C)=O)[C@@H](OC(C)=O)[C@H](OCCc3cn(C[C@H]4O[C@@H]5OC(C)(C)O[C@@H]5[C@H]4O)nn3)O[C@@H]2COC(C)=O)[C@H](OC(C)=O)[C@@H](OC(C)=O)[C@@H]1OC(C)=O. The van der Waals surface area contributed by atoms with Crippen molar-refractivity contribution < 1.29 is 105 Å². The quantitative estimate of drug-likeness (QED) is 0.140. The lowest BCUT2D eigenvalue weighted by molar-refractivity contribution is -0.361. The van der Waals surface area contributed by atoms with Gasteiger partial charge in [-0.25, -0.2) is 4.68 Å². The molecule has 0 saturated carbocycles. The van der Waals surface area contributed by atoms with Gasteiger partial charge in [-0.3, -0.25) is 33.6 Å². The fraction of sp³-hybridized carbons (Fsp3) is 0.763. The molecule has 14 atom stereocenters. The van der Waals surface area contributed by atoms with E-state index < -0.39 is 147 Å². The Morgan fingerprint density at radius 3 is 1.67 bits per heavy atom. The van der Waals surface area contributed by atoms with Crippen molar-refractivity contribution in [3.05, 3.63) is 11.9 Å². The second kappa shape index (κ2) is 21.2. The van der Waals surface area contributed by atoms with E-state index in [0.717, 1.165) is 48.5 Å². The molecule has 4 fully saturated rings. The molecular formula is C38H53N3O22. The number of hydrogen-bond donors (Lipinski definition) is 1. The zero-order valence-electron chi connectivity index (χ0n) is 36.1. The predicted octanol–water partition coefficient (Wildman–Crippen LogP) is -1.31. The lowest BCUT2D eigenvalue weighted by atomic mass is 9.96. The average molecular weight is 904 g/mol. The van der Waals surface area contributed by atoms with Crippen molar-refractivity contribution in [3.8, 4) is 0 Å². The molecule has 0 unspecified atom stereocenters. The summed E-state index contributed by atoms with van der Waals surface area (Å²) in [4.78, 5) is 86.5. The number of ether oxygens (including phenoxy) is 14. The topological polar surface area (TPSA) is 300 Å². The van der Waals surface area contributed by atoms with Crippen LogP contribution in [-0.2, 0) is 113 Å². The molecule has 25 nitrogen and oxygen atoms in total. The van der Waals surface area contributed by atoms with Crippen LogP contribution in [0.25, 0.3) is 0 Å². The number of rotatable bonds is 17. The van der Waals surface area contributed by atoms with Crippen LogP contribution in [0, 0.1) is 0 Å². The van der Waals surface area contributed by atoms with Gasteiger partial charge in [0.2, 0.25) is 0 Å². The van der Waals surface area contributed by atoms with Gasteiger partial charge in [0.05, 0.1) is 18.8 Å². The number of aliphatic hydroxyl groups is 1. The van der Waals surface area contributed by atoms with Crippen LogP contribution in [-0.4, -0.2) is 174 Å². The van der Waals surface area contributed by atoms with E-state index in [0.29, 0.717) is 5.69 Å². The highest BCUT2D eigenvalue weighted by atomic mass is 16.8. The lowest BCUT2D eigenvalue weighted by Gasteiger charge is -2.48. The van der Waals surface area contributed by atoms with Crippen LogP contribution in [0.3, 0.4) is 0 Å². The van der Waals surface area contributed by atoms with E-state index in [1.54, 1.807) is 20.0 Å². The van der Waals surface area contributed by atoms with Crippen molar-refractivity contribution in [1.29, 1.82) is 0 Å². The standard InChI is InChI=1S/C38H53N3O22/c1-16(42)51-14-25-28(53-18(3)44)31(54-19(4)45)34(57-22(7)48)36(60-25)61-29-26(15-52-17(2)43)59-35(33(56-21(6)47)32(29)55-20(5)46)50-11-10-23-12-41(40-39-23)13-24-27(49)30-37(58-24)63-38(8,9)62-30/h12,24-37,49H,10-11,13-15H2,1-9H3/t24-,25-,26-,27+,28-,29-,30-,31+,32+,33-,34-,35-,36+,37-/m1/s1. The minimum absolute atomic E-state index is 0.101. The van der Waals surface area contributed by atoms with Gasteiger partial charge in [-0.1, -0.05) is 5.21 Å². The molecule has 1 N–H and O–H groups in total. The summed E-state index contributed by atoms with van der Waals surface area (Å²) in [5.74, 6) is -6.94. The zero-order valence-corrected chi connectivity index (χ0v) is 36.1. The Balaban J connectivity index is 1.40. The summed E-state index contributed by atoms with van der Waals surface area (Å²) in [6.07, 6.45) is -17.5. The molecule has 63 heavy (non-hydrogen) atoms. The van der Waals surface area contributed by atoms with Crippen LogP contribution in [0.1, 0.15) is 68.0 Å². The second-order valence-electron chi connectivity index (χ2n) is 15.3. The molecule has 5 rings (SSSR count). The first kappa shape index (κ1) is 49.1. The largest absolute Gasteiger partial charge is 0.463 e. The number of nitrogens with zero attached hydrogens (tertiary/aromatic N) is 3. The second-order valence-corrected chi connectivity index (χ2v) is 15.3. The molecule has 0 spiro atoms. The third-order valence-electron chi connectivity index (χ3n) is 9.59. The summed E-state index contributed by atoms with van der Waals surface area (Å²) in [5, 5.41) is 19.0. The number of aromatic nitrogens is 3. The molecule has 4 aliphatic rings. The maximum absolute atomic E-state index is 12.7. The Hall–Kier alpha value is -4.89. The molecule has 0 aromatic carbocycles. The van der Waals surface area contributed by atoms with Crippen LogP contribution in [0.2, 0.25) is 0 Å². The summed E-state index contributed by atoms with van der Waals surface area (Å²) in [7, 11) is 0. The minimum Gasteiger partial charge on any atom is -0.463 e. The van der Waals surface area contributed by atoms with Crippen molar-refractivity contribution in [2.45, 2.75) is 167 Å². The molecule has 4 saturated heterocycles. The van der Waals surface area contributed by atoms with E-state index in [1.807, 2.05) is 0 Å². The van der Waals surface area contributed by atoms with Crippen molar-refractivity contribution in [3.63, 3.8) is 0 Å². The maximum Gasteiger partial charge on any atom is 0.303 e. The van der Waals surface area contributed by atoms with Gasteiger partial charge in [-0.2, -0.15) is 0 Å². The Kier molecular flexibility index (Phi) is 16.5. The van der Waals surface area contributed by atoms with E-state index >= 15 is 0 Å². The third-order valence-corrected chi connectivity index (χ3v) is 9.59. The fourth-order valence-electron chi connectivity index (χ4n) is 7.32. The van der Waals surface area contributed by atoms with Crippen molar-refractivity contribution in [2.75, 3.05) is 19.8 Å². The lowest BCUT2D eigenvalue weighted by Crippen LogP contribution is -2.67. The first-order valence-electron chi connectivity index (χ1n) is 19.9. The highest BCUT2D eigenvalue weighted by Gasteiger charge is 2.58. The first-order valence-corrected chi connectivity index (χ1v) is 19.9. The average Bonchev–Trinajstić information content (AvgIpc) is 3.82. The van der Waals surface area contributed by atoms with Gasteiger partial charge in [-0.05, 0) is 13.8 Å². The van der Waals surface area contributed by atoms with Gasteiger partial charge < -0.3 is 71.4 Å². The number of carbonyl (C=O) groups excluding carboxylic acids is 7. The van der Waals surface area contributed by atoms with Crippen molar-refractivity contribution in [1.82, 2.24) is 15.0 Å². The third kappa shape index (κ3) is 13.3. The monoisotopic (exact) mass is 903 g/mol. The molecule has 0 aliphatic carbocycles. The number of fused-ring (bicyclic) bond motifs is 1. The van der Waals surface area contributed by atoms with Crippen molar-refractivity contribution in [2.24, 2.45) is 0 Å². The van der Waals surface area contributed by atoms with E-state index in [4.69, 9.17) is 66.3 Å². The minimum atomic E-state index is -1.84. The van der Waals surface area contributed by atoms with Crippen molar-refractivity contribution >= 4 is 41.8 Å². The molecule has 25 heteroatoms. The van der Waals surface area contributed by atoms with Crippen LogP contribution in [0.15, 0.2) is 6.20 Å². The van der Waals surface area contributed by atoms with E-state index in [1.165, 1.54) is 4.68 Å². The summed E-state index contributed by atoms with van der Waals surface area (Å²) in [6.45, 7) is 9.61. The number of hydrogen-bond acceptors (Lipinski definition) is 24. The van der Waals surface area contributed by atoms with Gasteiger partial charge in [0.25, 0.3) is 0 Å². The Bertz CT molecular complexity index is 1820. The van der Waals surface area contributed by atoms with Gasteiger partial charge in [-0.15, -0.1) is 5.10 Å². The molecule has 1 aromatic rings. The summed E-state index contributed by atoms with van der Waals surface area (Å²) in [6, 6.07) is 0. The maximum atomic E-state index is 12.7. The number of carbonyl (C=O) groups is 7. The summed E-state index contributed by atoms with van der Waals surface area (Å²) in [5.41, 5.74) is 0.425. The highest BCUT2D eigenvalue weighted by molar-refractivity contribution is 5.69. The number of esters is 7. The number of aliphatic hydroxyl groups excluding tert-OH is 1. The van der Waals surface area contributed by atoms with Gasteiger partial charge in [0.1, 0.15) is 49.8 Å². The highest BCUT2D eigenvalue weighted by Crippen LogP contribution is 2.38. The van der Waals surface area contributed by atoms with Crippen LogP contribution >= 0.6 is 0 Å². The Morgan fingerprint density at radius 2 is 1.13 bits per heavy atom. The van der Waals surface area contributed by atoms with E-state index in [-0.39, 0.29) is 19.6 Å². The Labute approximate surface area is 360 Å².